The zero-order chi connectivity index (χ0) is 15.4. The van der Waals surface area contributed by atoms with Gasteiger partial charge in [-0.05, 0) is 58.8 Å². The number of alkyl halides is 1. The Bertz CT molecular complexity index is 595. The molecule has 2 nitrogen and oxygen atoms in total. The predicted octanol–water partition coefficient (Wildman–Crippen LogP) is 4.52. The molecule has 1 heterocycles. The summed E-state index contributed by atoms with van der Waals surface area (Å²) in [7, 11) is 1.96. The molecule has 2 aromatic rings. The lowest BCUT2D eigenvalue weighted by Crippen LogP contribution is -2.13. The molecular formula is C16H19BrClFN2. The van der Waals surface area contributed by atoms with Crippen molar-refractivity contribution in [2.24, 2.45) is 13.0 Å². The molecule has 1 aromatic carbocycles. The average Bonchev–Trinajstić information content (AvgIpc) is 2.75. The highest BCUT2D eigenvalue weighted by molar-refractivity contribution is 9.10. The second kappa shape index (κ2) is 7.41. The summed E-state index contributed by atoms with van der Waals surface area (Å²) < 4.78 is 16.0. The Morgan fingerprint density at radius 2 is 1.95 bits per heavy atom. The Kier molecular flexibility index (Phi) is 5.82. The summed E-state index contributed by atoms with van der Waals surface area (Å²) in [6.45, 7) is 2.09. The Labute approximate surface area is 138 Å². The number of rotatable bonds is 6. The van der Waals surface area contributed by atoms with Crippen LogP contribution in [0.2, 0.25) is 0 Å². The first kappa shape index (κ1) is 16.5. The van der Waals surface area contributed by atoms with E-state index in [2.05, 4.69) is 28.0 Å². The molecule has 0 spiro atoms. The number of aryl methyl sites for hydroxylation is 2. The average molecular weight is 374 g/mol. The Morgan fingerprint density at radius 3 is 2.48 bits per heavy atom. The van der Waals surface area contributed by atoms with E-state index in [9.17, 15) is 4.39 Å². The van der Waals surface area contributed by atoms with Gasteiger partial charge < -0.3 is 0 Å². The zero-order valence-corrected chi connectivity index (χ0v) is 14.6. The molecule has 0 N–H and O–H groups in total. The maximum absolute atomic E-state index is 13.0. The van der Waals surface area contributed by atoms with E-state index in [4.69, 9.17) is 11.6 Å². The summed E-state index contributed by atoms with van der Waals surface area (Å²) in [4.78, 5) is 0. The van der Waals surface area contributed by atoms with Gasteiger partial charge >= 0.3 is 0 Å². The highest BCUT2D eigenvalue weighted by Crippen LogP contribution is 2.26. The van der Waals surface area contributed by atoms with Gasteiger partial charge in [0.2, 0.25) is 0 Å². The van der Waals surface area contributed by atoms with Crippen molar-refractivity contribution in [1.29, 1.82) is 0 Å². The molecule has 0 saturated carbocycles. The fraction of sp³-hybridized carbons (Fsp3) is 0.438. The third kappa shape index (κ3) is 4.07. The maximum Gasteiger partial charge on any atom is 0.123 e. The van der Waals surface area contributed by atoms with Crippen molar-refractivity contribution in [3.8, 4) is 0 Å². The lowest BCUT2D eigenvalue weighted by Gasteiger charge is -2.14. The first-order valence-corrected chi connectivity index (χ1v) is 8.38. The smallest absolute Gasteiger partial charge is 0.123 e. The summed E-state index contributed by atoms with van der Waals surface area (Å²) in [5, 5.41) is 4.51. The summed E-state index contributed by atoms with van der Waals surface area (Å²) in [6, 6.07) is 6.64. The van der Waals surface area contributed by atoms with Crippen LogP contribution in [0.25, 0.3) is 0 Å². The summed E-state index contributed by atoms with van der Waals surface area (Å²) in [5.74, 6) is 0.660. The van der Waals surface area contributed by atoms with Gasteiger partial charge in [0.25, 0.3) is 0 Å². The molecule has 0 fully saturated rings. The number of benzene rings is 1. The highest BCUT2D eigenvalue weighted by Gasteiger charge is 2.17. The molecule has 5 heteroatoms. The lowest BCUT2D eigenvalue weighted by atomic mass is 9.96. The Hall–Kier alpha value is -0.870. The minimum Gasteiger partial charge on any atom is -0.271 e. The first-order chi connectivity index (χ1) is 10.0. The summed E-state index contributed by atoms with van der Waals surface area (Å²) in [5.41, 5.74) is 3.35. The fourth-order valence-electron chi connectivity index (χ4n) is 2.45. The second-order valence-electron chi connectivity index (χ2n) is 5.24. The molecule has 21 heavy (non-hydrogen) atoms. The number of halogens is 3. The first-order valence-electron chi connectivity index (χ1n) is 7.05. The molecule has 0 radical (unpaired) electrons. The van der Waals surface area contributed by atoms with Crippen LogP contribution in [0.4, 0.5) is 4.39 Å². The molecule has 114 valence electrons. The van der Waals surface area contributed by atoms with Gasteiger partial charge in [0.15, 0.2) is 0 Å². The molecule has 1 atom stereocenters. The number of hydrogen-bond acceptors (Lipinski definition) is 1. The third-order valence-corrected chi connectivity index (χ3v) is 4.99. The Morgan fingerprint density at radius 1 is 1.29 bits per heavy atom. The monoisotopic (exact) mass is 372 g/mol. The Balaban J connectivity index is 2.12. The van der Waals surface area contributed by atoms with Gasteiger partial charge in [0, 0.05) is 12.9 Å². The van der Waals surface area contributed by atoms with E-state index in [0.29, 0.717) is 11.8 Å². The van der Waals surface area contributed by atoms with Crippen LogP contribution in [0.3, 0.4) is 0 Å². The minimum absolute atomic E-state index is 0.205. The van der Waals surface area contributed by atoms with Gasteiger partial charge in [-0.25, -0.2) is 4.39 Å². The van der Waals surface area contributed by atoms with Crippen LogP contribution < -0.4 is 0 Å². The summed E-state index contributed by atoms with van der Waals surface area (Å²) in [6.07, 6.45) is 2.59. The quantitative estimate of drug-likeness (QED) is 0.681. The molecule has 0 aliphatic carbocycles. The van der Waals surface area contributed by atoms with Crippen molar-refractivity contribution < 1.29 is 4.39 Å². The molecule has 0 bridgehead atoms. The number of hydrogen-bond donors (Lipinski definition) is 0. The summed E-state index contributed by atoms with van der Waals surface area (Å²) >= 11 is 9.76. The van der Waals surface area contributed by atoms with E-state index < -0.39 is 0 Å². The van der Waals surface area contributed by atoms with Crippen LogP contribution in [0.15, 0.2) is 28.7 Å². The highest BCUT2D eigenvalue weighted by atomic mass is 79.9. The van der Waals surface area contributed by atoms with E-state index in [-0.39, 0.29) is 5.82 Å². The fourth-order valence-corrected chi connectivity index (χ4v) is 3.45. The molecule has 2 rings (SSSR count). The van der Waals surface area contributed by atoms with Gasteiger partial charge in [-0.3, -0.25) is 4.68 Å². The lowest BCUT2D eigenvalue weighted by molar-refractivity contribution is 0.548. The van der Waals surface area contributed by atoms with Crippen molar-refractivity contribution in [3.05, 3.63) is 51.5 Å². The molecular weight excluding hydrogens is 355 g/mol. The third-order valence-electron chi connectivity index (χ3n) is 3.64. The van der Waals surface area contributed by atoms with E-state index >= 15 is 0 Å². The molecule has 0 saturated heterocycles. The van der Waals surface area contributed by atoms with E-state index in [1.54, 1.807) is 0 Å². The van der Waals surface area contributed by atoms with Crippen LogP contribution in [0.1, 0.15) is 23.9 Å². The number of nitrogens with zero attached hydrogens (tertiary/aromatic N) is 2. The topological polar surface area (TPSA) is 17.8 Å². The molecule has 1 unspecified atom stereocenters. The maximum atomic E-state index is 13.0. The van der Waals surface area contributed by atoms with Gasteiger partial charge in [-0.1, -0.05) is 19.1 Å². The molecule has 0 aliphatic heterocycles. The van der Waals surface area contributed by atoms with Crippen molar-refractivity contribution in [3.63, 3.8) is 0 Å². The predicted molar refractivity (Wildman–Crippen MR) is 88.3 cm³/mol. The largest absolute Gasteiger partial charge is 0.271 e. The van der Waals surface area contributed by atoms with Crippen molar-refractivity contribution in [2.75, 3.05) is 5.88 Å². The normalized spacial score (nSPS) is 12.6. The molecule has 0 aliphatic rings. The minimum atomic E-state index is -0.205. The van der Waals surface area contributed by atoms with Crippen LogP contribution in [-0.2, 0) is 26.3 Å². The SMILES string of the molecule is CCc1nn(C)c(CC(CCl)Cc2ccc(F)cc2)c1Br. The van der Waals surface area contributed by atoms with Gasteiger partial charge in [0.1, 0.15) is 5.82 Å². The molecule has 1 aromatic heterocycles. The zero-order valence-electron chi connectivity index (χ0n) is 12.2. The van der Waals surface area contributed by atoms with E-state index in [1.807, 2.05) is 23.9 Å². The van der Waals surface area contributed by atoms with Crippen molar-refractivity contribution >= 4 is 27.5 Å². The van der Waals surface area contributed by atoms with Crippen LogP contribution >= 0.6 is 27.5 Å². The molecule has 0 amide bonds. The number of aromatic nitrogens is 2. The van der Waals surface area contributed by atoms with Crippen molar-refractivity contribution in [1.82, 2.24) is 9.78 Å². The van der Waals surface area contributed by atoms with Crippen molar-refractivity contribution in [2.45, 2.75) is 26.2 Å². The van der Waals surface area contributed by atoms with Crippen LogP contribution in [0, 0.1) is 11.7 Å². The van der Waals surface area contributed by atoms with Gasteiger partial charge in [-0.15, -0.1) is 11.6 Å². The van der Waals surface area contributed by atoms with Gasteiger partial charge in [-0.2, -0.15) is 5.10 Å². The standard InChI is InChI=1S/C16H19BrClFN2/c1-3-14-16(17)15(21(2)20-14)9-12(10-18)8-11-4-6-13(19)7-5-11/h4-7,12H,3,8-10H2,1-2H3. The van der Waals surface area contributed by atoms with Gasteiger partial charge in [0.05, 0.1) is 15.9 Å². The van der Waals surface area contributed by atoms with E-state index in [1.165, 1.54) is 17.8 Å². The van der Waals surface area contributed by atoms with E-state index in [0.717, 1.165) is 35.0 Å². The van der Waals surface area contributed by atoms with Crippen LogP contribution in [0.5, 0.6) is 0 Å². The van der Waals surface area contributed by atoms with Crippen LogP contribution in [-0.4, -0.2) is 15.7 Å². The second-order valence-corrected chi connectivity index (χ2v) is 6.34.